The lowest BCUT2D eigenvalue weighted by Crippen LogP contribution is -3.00. The van der Waals surface area contributed by atoms with Crippen molar-refractivity contribution in [2.45, 2.75) is 19.4 Å². The molecule has 1 heterocycles. The summed E-state index contributed by atoms with van der Waals surface area (Å²) in [7, 11) is 4.54. The van der Waals surface area contributed by atoms with Gasteiger partial charge in [0.15, 0.2) is 0 Å². The minimum absolute atomic E-state index is 0. The number of nitrogens with zero attached hydrogens (tertiary/aromatic N) is 1. The molecule has 0 aromatic heterocycles. The molecular formula is C11H23ClN2O2. The van der Waals surface area contributed by atoms with Crippen LogP contribution in [0.15, 0.2) is 12.7 Å². The molecule has 1 atom stereocenters. The van der Waals surface area contributed by atoms with Crippen molar-refractivity contribution >= 4 is 5.91 Å². The van der Waals surface area contributed by atoms with E-state index in [4.69, 9.17) is 4.74 Å². The molecular weight excluding hydrogens is 228 g/mol. The third-order valence-electron chi connectivity index (χ3n) is 2.13. The van der Waals surface area contributed by atoms with Crippen molar-refractivity contribution < 1.29 is 26.4 Å². The maximum atomic E-state index is 9.47. The number of likely N-dealkylation sites (N-methyl/N-ethyl adjacent to an activating group) is 1. The number of carbonyl (C=O) groups excluding carboxylic acids is 1. The van der Waals surface area contributed by atoms with Crippen LogP contribution >= 0.6 is 0 Å². The lowest BCUT2D eigenvalue weighted by Gasteiger charge is -2.28. The number of amides is 1. The Labute approximate surface area is 104 Å². The average Bonchev–Trinajstić information content (AvgIpc) is 2.88. The standard InChI is InChI=1S/C8H18NO.C3H5NO.ClH/c1-4-5-9(2,3)6-8-7-10-8;1-2-3(4)5;/h8H,4-7H2,1-3H3;2H,1H2,(H2,4,5);1H/q+1;;/p-1. The second-order valence-corrected chi connectivity index (χ2v) is 4.40. The summed E-state index contributed by atoms with van der Waals surface area (Å²) in [5, 5.41) is 0. The first-order valence-corrected chi connectivity index (χ1v) is 5.26. The summed E-state index contributed by atoms with van der Waals surface area (Å²) < 4.78 is 6.29. The van der Waals surface area contributed by atoms with Gasteiger partial charge in [0.1, 0.15) is 12.6 Å². The van der Waals surface area contributed by atoms with E-state index >= 15 is 0 Å². The smallest absolute Gasteiger partial charge is 0.240 e. The van der Waals surface area contributed by atoms with Crippen molar-refractivity contribution in [1.29, 1.82) is 0 Å². The van der Waals surface area contributed by atoms with Gasteiger partial charge in [-0.05, 0) is 12.5 Å². The molecule has 96 valence electrons. The zero-order valence-corrected chi connectivity index (χ0v) is 11.2. The first-order valence-electron chi connectivity index (χ1n) is 5.26. The fourth-order valence-electron chi connectivity index (χ4n) is 1.42. The lowest BCUT2D eigenvalue weighted by atomic mass is 10.3. The van der Waals surface area contributed by atoms with Gasteiger partial charge in [-0.1, -0.05) is 13.5 Å². The van der Waals surface area contributed by atoms with E-state index in [-0.39, 0.29) is 12.4 Å². The third-order valence-corrected chi connectivity index (χ3v) is 2.13. The van der Waals surface area contributed by atoms with Crippen LogP contribution in [0.1, 0.15) is 13.3 Å². The number of rotatable bonds is 5. The summed E-state index contributed by atoms with van der Waals surface area (Å²) in [5.74, 6) is -0.481. The van der Waals surface area contributed by atoms with Crippen LogP contribution in [0, 0.1) is 0 Å². The number of hydrogen-bond donors (Lipinski definition) is 1. The maximum absolute atomic E-state index is 9.47. The monoisotopic (exact) mass is 250 g/mol. The molecule has 16 heavy (non-hydrogen) atoms. The number of halogens is 1. The van der Waals surface area contributed by atoms with Crippen LogP contribution in [0.5, 0.6) is 0 Å². The molecule has 2 N–H and O–H groups in total. The van der Waals surface area contributed by atoms with E-state index in [1.165, 1.54) is 19.5 Å². The number of quaternary nitrogens is 1. The van der Waals surface area contributed by atoms with Gasteiger partial charge >= 0.3 is 0 Å². The Hall–Kier alpha value is -0.580. The van der Waals surface area contributed by atoms with Crippen LogP contribution in [-0.4, -0.2) is 50.3 Å². The first kappa shape index (κ1) is 17.8. The SMILES string of the molecule is C=CC(N)=O.CCC[N+](C)(C)CC1CO1.[Cl-]. The van der Waals surface area contributed by atoms with Crippen molar-refractivity contribution in [3.05, 3.63) is 12.7 Å². The molecule has 1 aliphatic rings. The summed E-state index contributed by atoms with van der Waals surface area (Å²) in [6, 6.07) is 0. The van der Waals surface area contributed by atoms with E-state index in [1.54, 1.807) is 0 Å². The van der Waals surface area contributed by atoms with Gasteiger partial charge in [0.05, 0.1) is 27.2 Å². The fraction of sp³-hybridized carbons (Fsp3) is 0.727. The molecule has 0 aromatic carbocycles. The van der Waals surface area contributed by atoms with Crippen LogP contribution in [0.2, 0.25) is 0 Å². The van der Waals surface area contributed by atoms with E-state index in [0.29, 0.717) is 6.10 Å². The Morgan fingerprint density at radius 3 is 2.31 bits per heavy atom. The van der Waals surface area contributed by atoms with Crippen molar-refractivity contribution in [3.63, 3.8) is 0 Å². The number of nitrogens with two attached hydrogens (primary N) is 1. The molecule has 0 saturated carbocycles. The minimum Gasteiger partial charge on any atom is -1.00 e. The van der Waals surface area contributed by atoms with Gasteiger partial charge in [0, 0.05) is 0 Å². The molecule has 1 rings (SSSR count). The van der Waals surface area contributed by atoms with Gasteiger partial charge in [0.25, 0.3) is 0 Å². The summed E-state index contributed by atoms with van der Waals surface area (Å²) in [6.07, 6.45) is 2.89. The third kappa shape index (κ3) is 11.5. The molecule has 1 amide bonds. The van der Waals surface area contributed by atoms with E-state index in [1.807, 2.05) is 0 Å². The zero-order valence-electron chi connectivity index (χ0n) is 10.4. The maximum Gasteiger partial charge on any atom is 0.240 e. The second-order valence-electron chi connectivity index (χ2n) is 4.40. The first-order chi connectivity index (χ1) is 6.91. The lowest BCUT2D eigenvalue weighted by molar-refractivity contribution is -0.890. The van der Waals surface area contributed by atoms with Crippen molar-refractivity contribution in [2.75, 3.05) is 33.8 Å². The van der Waals surface area contributed by atoms with Crippen LogP contribution < -0.4 is 18.1 Å². The highest BCUT2D eigenvalue weighted by atomic mass is 35.5. The predicted molar refractivity (Wildman–Crippen MR) is 61.3 cm³/mol. The minimum atomic E-state index is -0.481. The molecule has 0 radical (unpaired) electrons. The zero-order chi connectivity index (χ0) is 11.9. The Balaban J connectivity index is 0. The largest absolute Gasteiger partial charge is 1.00 e. The highest BCUT2D eigenvalue weighted by molar-refractivity contribution is 5.84. The molecule has 1 aliphatic heterocycles. The van der Waals surface area contributed by atoms with Gasteiger partial charge in [-0.25, -0.2) is 0 Å². The van der Waals surface area contributed by atoms with Crippen LogP contribution in [0.25, 0.3) is 0 Å². The van der Waals surface area contributed by atoms with Crippen molar-refractivity contribution in [1.82, 2.24) is 0 Å². The van der Waals surface area contributed by atoms with Crippen LogP contribution in [0.4, 0.5) is 0 Å². The molecule has 4 nitrogen and oxygen atoms in total. The topological polar surface area (TPSA) is 55.6 Å². The fourth-order valence-corrected chi connectivity index (χ4v) is 1.42. The quantitative estimate of drug-likeness (QED) is 0.334. The summed E-state index contributed by atoms with van der Waals surface area (Å²) in [5.41, 5.74) is 4.53. The van der Waals surface area contributed by atoms with Crippen molar-refractivity contribution in [2.24, 2.45) is 5.73 Å². The number of epoxide rings is 1. The van der Waals surface area contributed by atoms with Crippen LogP contribution in [0.3, 0.4) is 0 Å². The van der Waals surface area contributed by atoms with Gasteiger partial charge in [-0.3, -0.25) is 4.79 Å². The Bertz CT molecular complexity index is 216. The van der Waals surface area contributed by atoms with Crippen molar-refractivity contribution in [3.8, 4) is 0 Å². The molecule has 0 aromatic rings. The molecule has 1 fully saturated rings. The summed E-state index contributed by atoms with van der Waals surface area (Å²) in [4.78, 5) is 9.47. The van der Waals surface area contributed by atoms with Crippen LogP contribution in [-0.2, 0) is 9.53 Å². The van der Waals surface area contributed by atoms with Gasteiger partial charge in [-0.15, -0.1) is 0 Å². The summed E-state index contributed by atoms with van der Waals surface area (Å²) >= 11 is 0. The second kappa shape index (κ2) is 8.56. The van der Waals surface area contributed by atoms with Gasteiger partial charge in [-0.2, -0.15) is 0 Å². The van der Waals surface area contributed by atoms with E-state index < -0.39 is 5.91 Å². The Morgan fingerprint density at radius 2 is 2.06 bits per heavy atom. The molecule has 0 aliphatic carbocycles. The molecule has 5 heteroatoms. The van der Waals surface area contributed by atoms with E-state index in [0.717, 1.165) is 17.2 Å². The van der Waals surface area contributed by atoms with Gasteiger partial charge in [0.2, 0.25) is 5.91 Å². The molecule has 1 saturated heterocycles. The highest BCUT2D eigenvalue weighted by Crippen LogP contribution is 2.13. The number of ether oxygens (including phenoxy) is 1. The summed E-state index contributed by atoms with van der Waals surface area (Å²) in [6.45, 7) is 8.76. The molecule has 1 unspecified atom stereocenters. The normalized spacial score (nSPS) is 17.6. The predicted octanol–water partition coefficient (Wildman–Crippen LogP) is -2.47. The average molecular weight is 251 g/mol. The Kier molecular flexibility index (Phi) is 9.52. The van der Waals surface area contributed by atoms with Gasteiger partial charge < -0.3 is 27.4 Å². The molecule has 0 bridgehead atoms. The number of hydrogen-bond acceptors (Lipinski definition) is 2. The van der Waals surface area contributed by atoms with E-state index in [2.05, 4.69) is 33.3 Å². The number of carbonyl (C=O) groups is 1. The number of primary amides is 1. The Morgan fingerprint density at radius 1 is 1.62 bits per heavy atom. The van der Waals surface area contributed by atoms with E-state index in [9.17, 15) is 4.79 Å². The highest BCUT2D eigenvalue weighted by Gasteiger charge is 2.30. The molecule has 0 spiro atoms.